The maximum absolute atomic E-state index is 5.37. The van der Waals surface area contributed by atoms with Crippen LogP contribution in [0.25, 0.3) is 11.0 Å². The number of nitrogens with zero attached hydrogens (tertiary/aromatic N) is 2. The maximum Gasteiger partial charge on any atom is 0.178 e. The Balaban J connectivity index is 2.19. The number of para-hydroxylation sites is 1. The highest BCUT2D eigenvalue weighted by molar-refractivity contribution is 7.71. The van der Waals surface area contributed by atoms with Crippen LogP contribution in [0.3, 0.4) is 0 Å². The number of thiazole rings is 1. The maximum atomic E-state index is 5.37. The molecule has 3 rings (SSSR count). The van der Waals surface area contributed by atoms with E-state index in [1.54, 1.807) is 11.3 Å². The molecule has 1 aromatic carbocycles. The molecule has 2 heterocycles. The number of hydrogen-bond donors (Lipinski definition) is 1. The largest absolute Gasteiger partial charge is 0.330 e. The fourth-order valence-electron chi connectivity index (χ4n) is 1.95. The molecule has 0 aliphatic carbocycles. The number of fused-ring (bicyclic) bond motifs is 1. The highest BCUT2D eigenvalue weighted by Gasteiger charge is 2.07. The highest BCUT2D eigenvalue weighted by atomic mass is 32.1. The average molecular weight is 261 g/mol. The standard InChI is InChI=1S/C12H11N3S2/c1-8-3-2-4-9-11(8)14-12(16)15(9)7-10-13-5-6-17-10/h2-6H,7H2,1H3,(H,14,16). The lowest BCUT2D eigenvalue weighted by molar-refractivity contribution is 0.803. The van der Waals surface area contributed by atoms with Gasteiger partial charge in [0.15, 0.2) is 4.77 Å². The van der Waals surface area contributed by atoms with E-state index in [1.165, 1.54) is 5.56 Å². The SMILES string of the molecule is Cc1cccc2c1[nH]c(=S)n2Cc1nccs1. The third-order valence-corrected chi connectivity index (χ3v) is 3.88. The summed E-state index contributed by atoms with van der Waals surface area (Å²) >= 11 is 7.02. The van der Waals surface area contributed by atoms with Gasteiger partial charge in [0.1, 0.15) is 5.01 Å². The summed E-state index contributed by atoms with van der Waals surface area (Å²) in [7, 11) is 0. The van der Waals surface area contributed by atoms with Gasteiger partial charge >= 0.3 is 0 Å². The summed E-state index contributed by atoms with van der Waals surface area (Å²) in [6.07, 6.45) is 1.82. The van der Waals surface area contributed by atoms with Crippen LogP contribution >= 0.6 is 23.6 Å². The summed E-state index contributed by atoms with van der Waals surface area (Å²) in [5.41, 5.74) is 3.48. The topological polar surface area (TPSA) is 33.6 Å². The van der Waals surface area contributed by atoms with E-state index in [0.717, 1.165) is 27.4 Å². The first-order valence-electron chi connectivity index (χ1n) is 5.32. The number of imidazole rings is 1. The minimum absolute atomic E-state index is 0.736. The molecule has 0 bridgehead atoms. The second kappa shape index (κ2) is 4.09. The van der Waals surface area contributed by atoms with Gasteiger partial charge in [-0.25, -0.2) is 4.98 Å². The minimum Gasteiger partial charge on any atom is -0.330 e. The van der Waals surface area contributed by atoms with Crippen molar-refractivity contribution in [1.29, 1.82) is 0 Å². The molecule has 17 heavy (non-hydrogen) atoms. The van der Waals surface area contributed by atoms with E-state index in [0.29, 0.717) is 0 Å². The van der Waals surface area contributed by atoms with Gasteiger partial charge in [-0.3, -0.25) is 0 Å². The zero-order valence-corrected chi connectivity index (χ0v) is 10.9. The molecular formula is C12H11N3S2. The molecule has 1 N–H and O–H groups in total. The van der Waals surface area contributed by atoms with E-state index in [4.69, 9.17) is 12.2 Å². The fourth-order valence-corrected chi connectivity index (χ4v) is 2.82. The molecule has 0 amide bonds. The predicted molar refractivity (Wildman–Crippen MR) is 73.1 cm³/mol. The normalized spacial score (nSPS) is 11.1. The molecule has 0 spiro atoms. The summed E-state index contributed by atoms with van der Waals surface area (Å²) in [6.45, 7) is 2.82. The van der Waals surface area contributed by atoms with Crippen molar-refractivity contribution in [3.8, 4) is 0 Å². The third-order valence-electron chi connectivity index (χ3n) is 2.80. The van der Waals surface area contributed by atoms with Crippen molar-refractivity contribution in [3.05, 3.63) is 45.1 Å². The Bertz CT molecular complexity index is 707. The Morgan fingerprint density at radius 3 is 3.12 bits per heavy atom. The fraction of sp³-hybridized carbons (Fsp3) is 0.167. The van der Waals surface area contributed by atoms with Crippen molar-refractivity contribution >= 4 is 34.6 Å². The molecule has 5 heteroatoms. The average Bonchev–Trinajstić information content (AvgIpc) is 2.91. The zero-order chi connectivity index (χ0) is 11.8. The number of aryl methyl sites for hydroxylation is 1. The molecule has 0 aliphatic rings. The van der Waals surface area contributed by atoms with Gasteiger partial charge in [0.25, 0.3) is 0 Å². The summed E-state index contributed by atoms with van der Waals surface area (Å²) in [6, 6.07) is 6.22. The summed E-state index contributed by atoms with van der Waals surface area (Å²) in [4.78, 5) is 7.56. The lowest BCUT2D eigenvalue weighted by Crippen LogP contribution is -1.98. The molecule has 0 saturated heterocycles. The van der Waals surface area contributed by atoms with Crippen LogP contribution in [0.4, 0.5) is 0 Å². The number of nitrogens with one attached hydrogen (secondary N) is 1. The van der Waals surface area contributed by atoms with Crippen LogP contribution in [0.2, 0.25) is 0 Å². The van der Waals surface area contributed by atoms with Crippen LogP contribution in [0, 0.1) is 11.7 Å². The predicted octanol–water partition coefficient (Wildman–Crippen LogP) is 3.51. The van der Waals surface area contributed by atoms with Crippen LogP contribution in [0.15, 0.2) is 29.8 Å². The molecule has 0 fully saturated rings. The number of rotatable bonds is 2. The summed E-state index contributed by atoms with van der Waals surface area (Å²) in [5.74, 6) is 0. The summed E-state index contributed by atoms with van der Waals surface area (Å²) < 4.78 is 2.85. The van der Waals surface area contributed by atoms with E-state index in [9.17, 15) is 0 Å². The molecule has 0 radical (unpaired) electrons. The highest BCUT2D eigenvalue weighted by Crippen LogP contribution is 2.19. The molecule has 0 atom stereocenters. The van der Waals surface area contributed by atoms with Gasteiger partial charge in [0, 0.05) is 11.6 Å². The number of H-pyrrole nitrogens is 1. The van der Waals surface area contributed by atoms with Gasteiger partial charge in [-0.1, -0.05) is 12.1 Å². The first kappa shape index (κ1) is 10.7. The minimum atomic E-state index is 0.736. The van der Waals surface area contributed by atoms with E-state index < -0.39 is 0 Å². The van der Waals surface area contributed by atoms with Crippen LogP contribution in [-0.2, 0) is 6.54 Å². The van der Waals surface area contributed by atoms with Crippen LogP contribution < -0.4 is 0 Å². The van der Waals surface area contributed by atoms with E-state index in [2.05, 4.69) is 39.7 Å². The molecule has 3 aromatic rings. The lowest BCUT2D eigenvalue weighted by Gasteiger charge is -2.01. The number of aromatic nitrogens is 3. The molecular weight excluding hydrogens is 250 g/mol. The van der Waals surface area contributed by atoms with Gasteiger partial charge in [-0.05, 0) is 30.8 Å². The van der Waals surface area contributed by atoms with Crippen molar-refractivity contribution < 1.29 is 0 Å². The molecule has 0 unspecified atom stereocenters. The number of aromatic amines is 1. The molecule has 0 aliphatic heterocycles. The van der Waals surface area contributed by atoms with Gasteiger partial charge in [0.05, 0.1) is 17.6 Å². The Kier molecular flexibility index (Phi) is 2.57. The van der Waals surface area contributed by atoms with Crippen molar-refractivity contribution in [2.45, 2.75) is 13.5 Å². The molecule has 0 saturated carbocycles. The van der Waals surface area contributed by atoms with Gasteiger partial charge in [-0.2, -0.15) is 0 Å². The van der Waals surface area contributed by atoms with E-state index in [-0.39, 0.29) is 0 Å². The van der Waals surface area contributed by atoms with Crippen LogP contribution in [-0.4, -0.2) is 14.5 Å². The lowest BCUT2D eigenvalue weighted by atomic mass is 10.2. The Hall–Kier alpha value is -1.46. The van der Waals surface area contributed by atoms with Crippen molar-refractivity contribution in [3.63, 3.8) is 0 Å². The van der Waals surface area contributed by atoms with Crippen molar-refractivity contribution in [2.24, 2.45) is 0 Å². The van der Waals surface area contributed by atoms with Gasteiger partial charge in [-0.15, -0.1) is 11.3 Å². The van der Waals surface area contributed by atoms with E-state index >= 15 is 0 Å². The second-order valence-electron chi connectivity index (χ2n) is 3.91. The number of hydrogen-bond acceptors (Lipinski definition) is 3. The quantitative estimate of drug-likeness (QED) is 0.716. The monoisotopic (exact) mass is 261 g/mol. The molecule has 2 aromatic heterocycles. The Morgan fingerprint density at radius 1 is 1.47 bits per heavy atom. The third kappa shape index (κ3) is 1.81. The second-order valence-corrected chi connectivity index (χ2v) is 5.28. The Labute approximate surface area is 108 Å². The molecule has 86 valence electrons. The van der Waals surface area contributed by atoms with Gasteiger partial charge < -0.3 is 9.55 Å². The van der Waals surface area contributed by atoms with E-state index in [1.807, 2.05) is 11.6 Å². The van der Waals surface area contributed by atoms with Crippen molar-refractivity contribution in [1.82, 2.24) is 14.5 Å². The van der Waals surface area contributed by atoms with Gasteiger partial charge in [0.2, 0.25) is 0 Å². The smallest absolute Gasteiger partial charge is 0.178 e. The van der Waals surface area contributed by atoms with Crippen molar-refractivity contribution in [2.75, 3.05) is 0 Å². The summed E-state index contributed by atoms with van der Waals surface area (Å²) in [5, 5.41) is 3.06. The Morgan fingerprint density at radius 2 is 2.35 bits per heavy atom. The first-order chi connectivity index (χ1) is 8.25. The van der Waals surface area contributed by atoms with Crippen LogP contribution in [0.1, 0.15) is 10.6 Å². The number of benzene rings is 1. The first-order valence-corrected chi connectivity index (χ1v) is 6.61. The molecule has 3 nitrogen and oxygen atoms in total. The van der Waals surface area contributed by atoms with Crippen LogP contribution in [0.5, 0.6) is 0 Å². The zero-order valence-electron chi connectivity index (χ0n) is 9.30.